The molecule has 13 heteroatoms. The van der Waals surface area contributed by atoms with Gasteiger partial charge < -0.3 is 5.11 Å². The van der Waals surface area contributed by atoms with Crippen molar-refractivity contribution in [3.05, 3.63) is 29.8 Å². The maximum atomic E-state index is 14.7. The molecule has 0 radical (unpaired) electrons. The lowest BCUT2D eigenvalue weighted by Gasteiger charge is -2.48. The fraction of sp³-hybridized carbons (Fsp3) is 0.632. The standard InChI is InChI=1S/C19H16F11NO/c1-13(11-2-4-12(32)5-3-11)6-8-14(10-31,9-7-13)15(20,21)16(22,23)17(24,25)18(26,27)19(28,29)30/h2-5,32H,6-9H2,1H3. The summed E-state index contributed by atoms with van der Waals surface area (Å²) in [4.78, 5) is 0. The van der Waals surface area contributed by atoms with Crippen LogP contribution in [0.3, 0.4) is 0 Å². The van der Waals surface area contributed by atoms with Crippen molar-refractivity contribution < 1.29 is 53.4 Å². The molecule has 1 aliphatic carbocycles. The van der Waals surface area contributed by atoms with Gasteiger partial charge in [-0.05, 0) is 48.8 Å². The summed E-state index contributed by atoms with van der Waals surface area (Å²) < 4.78 is 148. The third-order valence-corrected chi connectivity index (χ3v) is 6.13. The van der Waals surface area contributed by atoms with Crippen molar-refractivity contribution in [2.45, 2.75) is 67.9 Å². The van der Waals surface area contributed by atoms with Crippen molar-refractivity contribution in [3.63, 3.8) is 0 Å². The SMILES string of the molecule is CC1(c2ccc(O)cc2)CCC(C#N)(C(F)(F)C(F)(F)C(F)(F)C(F)(F)C(F)(F)F)CC1. The van der Waals surface area contributed by atoms with E-state index in [1.54, 1.807) is 0 Å². The molecule has 1 aromatic rings. The van der Waals surface area contributed by atoms with Crippen molar-refractivity contribution in [2.24, 2.45) is 5.41 Å². The summed E-state index contributed by atoms with van der Waals surface area (Å²) in [6.07, 6.45) is -10.6. The van der Waals surface area contributed by atoms with Gasteiger partial charge in [0, 0.05) is 0 Å². The smallest absolute Gasteiger partial charge is 0.460 e. The van der Waals surface area contributed by atoms with Crippen LogP contribution >= 0.6 is 0 Å². The zero-order valence-electron chi connectivity index (χ0n) is 16.2. The van der Waals surface area contributed by atoms with Crippen LogP contribution < -0.4 is 0 Å². The van der Waals surface area contributed by atoms with Gasteiger partial charge in [-0.15, -0.1) is 0 Å². The quantitative estimate of drug-likeness (QED) is 0.467. The van der Waals surface area contributed by atoms with Crippen LogP contribution in [0.5, 0.6) is 5.75 Å². The van der Waals surface area contributed by atoms with Gasteiger partial charge in [0.25, 0.3) is 0 Å². The predicted molar refractivity (Wildman–Crippen MR) is 87.8 cm³/mol. The molecule has 0 spiro atoms. The van der Waals surface area contributed by atoms with E-state index in [9.17, 15) is 58.7 Å². The summed E-state index contributed by atoms with van der Waals surface area (Å²) in [6.45, 7) is 1.48. The van der Waals surface area contributed by atoms with E-state index < -0.39 is 66.4 Å². The number of hydrogen-bond acceptors (Lipinski definition) is 2. The third kappa shape index (κ3) is 3.46. The lowest BCUT2D eigenvalue weighted by Crippen LogP contribution is -2.70. The van der Waals surface area contributed by atoms with Crippen LogP contribution in [0.2, 0.25) is 0 Å². The monoisotopic (exact) mass is 483 g/mol. The van der Waals surface area contributed by atoms with E-state index >= 15 is 0 Å². The highest BCUT2D eigenvalue weighted by Gasteiger charge is 2.89. The number of hydrogen-bond donors (Lipinski definition) is 1. The second kappa shape index (κ2) is 7.38. The number of nitriles is 1. The van der Waals surface area contributed by atoms with Crippen LogP contribution in [0, 0.1) is 16.7 Å². The Balaban J connectivity index is 2.45. The Morgan fingerprint density at radius 3 is 1.56 bits per heavy atom. The van der Waals surface area contributed by atoms with E-state index in [0.717, 1.165) is 6.07 Å². The summed E-state index contributed by atoms with van der Waals surface area (Å²) >= 11 is 0. The maximum Gasteiger partial charge on any atom is 0.460 e. The minimum absolute atomic E-state index is 0.154. The molecule has 1 saturated carbocycles. The molecule has 0 aromatic heterocycles. The van der Waals surface area contributed by atoms with Crippen LogP contribution in [-0.2, 0) is 5.41 Å². The molecule has 1 N–H and O–H groups in total. The fourth-order valence-electron chi connectivity index (χ4n) is 3.75. The number of aromatic hydroxyl groups is 1. The summed E-state index contributed by atoms with van der Waals surface area (Å²) in [5.74, 6) is -28.6. The highest BCUT2D eigenvalue weighted by atomic mass is 19.4. The molecular weight excluding hydrogens is 467 g/mol. The van der Waals surface area contributed by atoms with Gasteiger partial charge in [0.1, 0.15) is 11.2 Å². The Bertz CT molecular complexity index is 876. The molecule has 0 unspecified atom stereocenters. The van der Waals surface area contributed by atoms with Crippen LogP contribution in [0.15, 0.2) is 24.3 Å². The van der Waals surface area contributed by atoms with Crippen molar-refractivity contribution in [2.75, 3.05) is 0 Å². The number of phenolic OH excluding ortho intramolecular Hbond substituents is 1. The van der Waals surface area contributed by atoms with Crippen molar-refractivity contribution >= 4 is 0 Å². The lowest BCUT2D eigenvalue weighted by molar-refractivity contribution is -0.431. The Morgan fingerprint density at radius 2 is 1.19 bits per heavy atom. The van der Waals surface area contributed by atoms with Gasteiger partial charge in [-0.3, -0.25) is 0 Å². The minimum Gasteiger partial charge on any atom is -0.508 e. The van der Waals surface area contributed by atoms with E-state index in [1.807, 2.05) is 0 Å². The molecule has 0 amide bonds. The molecule has 2 nitrogen and oxygen atoms in total. The first-order valence-corrected chi connectivity index (χ1v) is 9.01. The number of rotatable bonds is 5. The average molecular weight is 483 g/mol. The largest absolute Gasteiger partial charge is 0.508 e. The fourth-order valence-corrected chi connectivity index (χ4v) is 3.75. The van der Waals surface area contributed by atoms with Crippen LogP contribution in [-0.4, -0.2) is 35.0 Å². The zero-order chi connectivity index (χ0) is 25.0. The summed E-state index contributed by atoms with van der Waals surface area (Å²) in [5.41, 5.74) is -4.25. The second-order valence-electron chi connectivity index (χ2n) is 8.10. The Kier molecular flexibility index (Phi) is 6.00. The van der Waals surface area contributed by atoms with Gasteiger partial charge in [0.15, 0.2) is 0 Å². The van der Waals surface area contributed by atoms with Gasteiger partial charge in [0.2, 0.25) is 0 Å². The molecule has 180 valence electrons. The van der Waals surface area contributed by atoms with Crippen LogP contribution in [0.25, 0.3) is 0 Å². The number of benzene rings is 1. The topological polar surface area (TPSA) is 44.0 Å². The molecule has 0 aliphatic heterocycles. The molecule has 0 bridgehead atoms. The zero-order valence-corrected chi connectivity index (χ0v) is 16.2. The molecule has 0 heterocycles. The highest BCUT2D eigenvalue weighted by Crippen LogP contribution is 2.64. The summed E-state index contributed by atoms with van der Waals surface area (Å²) in [7, 11) is 0. The summed E-state index contributed by atoms with van der Waals surface area (Å²) in [5, 5.41) is 18.5. The second-order valence-corrected chi connectivity index (χ2v) is 8.10. The van der Waals surface area contributed by atoms with Crippen LogP contribution in [0.4, 0.5) is 48.3 Å². The first-order chi connectivity index (χ1) is 14.2. The third-order valence-electron chi connectivity index (χ3n) is 6.13. The van der Waals surface area contributed by atoms with E-state index in [4.69, 9.17) is 0 Å². The normalized spacial score (nSPS) is 26.0. The lowest BCUT2D eigenvalue weighted by atomic mass is 9.59. The van der Waals surface area contributed by atoms with Crippen molar-refractivity contribution in [1.29, 1.82) is 5.26 Å². The predicted octanol–water partition coefficient (Wildman–Crippen LogP) is 6.84. The van der Waals surface area contributed by atoms with E-state index in [2.05, 4.69) is 0 Å². The average Bonchev–Trinajstić information content (AvgIpc) is 2.67. The van der Waals surface area contributed by atoms with Gasteiger partial charge in [-0.2, -0.15) is 53.6 Å². The Morgan fingerprint density at radius 1 is 0.750 bits per heavy atom. The number of halogens is 11. The minimum atomic E-state index is -7.54. The van der Waals surface area contributed by atoms with Crippen LogP contribution in [0.1, 0.15) is 38.2 Å². The molecule has 1 aromatic carbocycles. The van der Waals surface area contributed by atoms with E-state index in [0.29, 0.717) is 5.56 Å². The van der Waals surface area contributed by atoms with Gasteiger partial charge in [-0.1, -0.05) is 19.1 Å². The Hall–Kier alpha value is -2.26. The van der Waals surface area contributed by atoms with Gasteiger partial charge in [0.05, 0.1) is 6.07 Å². The van der Waals surface area contributed by atoms with Crippen molar-refractivity contribution in [3.8, 4) is 11.8 Å². The summed E-state index contributed by atoms with van der Waals surface area (Å²) in [6, 6.07) is 6.01. The molecule has 32 heavy (non-hydrogen) atoms. The maximum absolute atomic E-state index is 14.7. The van der Waals surface area contributed by atoms with Gasteiger partial charge in [-0.25, -0.2) is 0 Å². The van der Waals surface area contributed by atoms with Gasteiger partial charge >= 0.3 is 29.9 Å². The number of alkyl halides is 11. The van der Waals surface area contributed by atoms with Crippen molar-refractivity contribution in [1.82, 2.24) is 0 Å². The first-order valence-electron chi connectivity index (χ1n) is 9.01. The molecular formula is C19H16F11NO. The van der Waals surface area contributed by atoms with E-state index in [1.165, 1.54) is 31.2 Å². The molecule has 0 atom stereocenters. The number of phenols is 1. The highest BCUT2D eigenvalue weighted by molar-refractivity contribution is 5.33. The molecule has 2 rings (SSSR count). The number of nitrogens with zero attached hydrogens (tertiary/aromatic N) is 1. The Labute approximate surface area is 174 Å². The first kappa shape index (κ1) is 26.0. The molecule has 1 fully saturated rings. The molecule has 1 aliphatic rings. The molecule has 0 saturated heterocycles. The van der Waals surface area contributed by atoms with E-state index in [-0.39, 0.29) is 5.75 Å².